The van der Waals surface area contributed by atoms with Crippen LogP contribution in [0.5, 0.6) is 11.5 Å². The van der Waals surface area contributed by atoms with Crippen molar-refractivity contribution in [1.82, 2.24) is 10.7 Å². The number of nitrogens with one attached hydrogen (secondary N) is 2. The molecular formula is C18H18ClN3O4. The summed E-state index contributed by atoms with van der Waals surface area (Å²) in [4.78, 5) is 23.6. The molecule has 0 aliphatic carbocycles. The standard InChI is InChI=1S/C18H18ClN3O4/c19-15-5-2-1-4-14(15)18(26)20-9-3-6-17(25)22-21-11-12-7-8-13(23)10-16(12)24/h1-2,4-5,7-8,10-11,23-24H,3,6,9H2,(H,20,26)(H,22,25)/b21-11+. The summed E-state index contributed by atoms with van der Waals surface area (Å²) < 4.78 is 0. The Balaban J connectivity index is 1.70. The first-order valence-corrected chi connectivity index (χ1v) is 8.22. The Morgan fingerprint density at radius 1 is 1.15 bits per heavy atom. The van der Waals surface area contributed by atoms with Gasteiger partial charge in [-0.1, -0.05) is 23.7 Å². The van der Waals surface area contributed by atoms with Crippen molar-refractivity contribution in [2.24, 2.45) is 5.10 Å². The molecule has 0 saturated carbocycles. The minimum Gasteiger partial charge on any atom is -0.508 e. The second-order valence-corrected chi connectivity index (χ2v) is 5.78. The van der Waals surface area contributed by atoms with Gasteiger partial charge in [-0.2, -0.15) is 5.10 Å². The number of carbonyl (C=O) groups excluding carboxylic acids is 2. The van der Waals surface area contributed by atoms with Crippen molar-refractivity contribution in [1.29, 1.82) is 0 Å². The molecule has 7 nitrogen and oxygen atoms in total. The van der Waals surface area contributed by atoms with Crippen molar-refractivity contribution in [2.45, 2.75) is 12.8 Å². The summed E-state index contributed by atoms with van der Waals surface area (Å²) in [6.07, 6.45) is 1.87. The van der Waals surface area contributed by atoms with Gasteiger partial charge < -0.3 is 15.5 Å². The third-order valence-electron chi connectivity index (χ3n) is 3.39. The van der Waals surface area contributed by atoms with Crippen LogP contribution in [0.3, 0.4) is 0 Å². The Labute approximate surface area is 155 Å². The topological polar surface area (TPSA) is 111 Å². The van der Waals surface area contributed by atoms with Crippen molar-refractivity contribution >= 4 is 29.6 Å². The highest BCUT2D eigenvalue weighted by Crippen LogP contribution is 2.20. The zero-order valence-electron chi connectivity index (χ0n) is 13.8. The van der Waals surface area contributed by atoms with Gasteiger partial charge in [0.05, 0.1) is 16.8 Å². The maximum absolute atomic E-state index is 11.9. The average Bonchev–Trinajstić information content (AvgIpc) is 2.61. The maximum Gasteiger partial charge on any atom is 0.252 e. The lowest BCUT2D eigenvalue weighted by Gasteiger charge is -2.06. The monoisotopic (exact) mass is 375 g/mol. The molecule has 136 valence electrons. The number of phenols is 2. The first-order valence-electron chi connectivity index (χ1n) is 7.84. The molecule has 0 aromatic heterocycles. The van der Waals surface area contributed by atoms with Gasteiger partial charge in [-0.05, 0) is 30.7 Å². The number of hydrazone groups is 1. The minimum atomic E-state index is -0.327. The van der Waals surface area contributed by atoms with Gasteiger partial charge in [0.1, 0.15) is 11.5 Å². The lowest BCUT2D eigenvalue weighted by Crippen LogP contribution is -2.26. The zero-order valence-corrected chi connectivity index (χ0v) is 14.5. The lowest BCUT2D eigenvalue weighted by molar-refractivity contribution is -0.121. The highest BCUT2D eigenvalue weighted by molar-refractivity contribution is 6.33. The van der Waals surface area contributed by atoms with Crippen molar-refractivity contribution in [2.75, 3.05) is 6.54 Å². The Bertz CT molecular complexity index is 824. The molecule has 0 fully saturated rings. The molecule has 2 rings (SSSR count). The molecule has 0 radical (unpaired) electrons. The number of halogens is 1. The van der Waals surface area contributed by atoms with Crippen LogP contribution < -0.4 is 10.7 Å². The third kappa shape index (κ3) is 5.78. The fourth-order valence-electron chi connectivity index (χ4n) is 2.06. The van der Waals surface area contributed by atoms with Crippen molar-refractivity contribution in [3.8, 4) is 11.5 Å². The van der Waals surface area contributed by atoms with Gasteiger partial charge >= 0.3 is 0 Å². The number of carbonyl (C=O) groups is 2. The molecule has 0 unspecified atom stereocenters. The van der Waals surface area contributed by atoms with E-state index in [0.29, 0.717) is 29.1 Å². The van der Waals surface area contributed by atoms with Crippen LogP contribution in [0, 0.1) is 0 Å². The van der Waals surface area contributed by atoms with Crippen LogP contribution in [-0.2, 0) is 4.79 Å². The zero-order chi connectivity index (χ0) is 18.9. The van der Waals surface area contributed by atoms with E-state index in [9.17, 15) is 19.8 Å². The first kappa shape index (κ1) is 19.3. The summed E-state index contributed by atoms with van der Waals surface area (Å²) in [5.74, 6) is -0.837. The fourth-order valence-corrected chi connectivity index (χ4v) is 2.28. The summed E-state index contributed by atoms with van der Waals surface area (Å²) in [6.45, 7) is 0.319. The molecule has 0 bridgehead atoms. The Morgan fingerprint density at radius 3 is 2.65 bits per heavy atom. The Hall–Kier alpha value is -3.06. The smallest absolute Gasteiger partial charge is 0.252 e. The van der Waals surface area contributed by atoms with E-state index in [1.807, 2.05) is 0 Å². The quantitative estimate of drug-likeness (QED) is 0.338. The second-order valence-electron chi connectivity index (χ2n) is 5.38. The molecular weight excluding hydrogens is 358 g/mol. The molecule has 2 amide bonds. The number of rotatable bonds is 7. The number of amides is 2. The van der Waals surface area contributed by atoms with Crippen molar-refractivity contribution in [3.63, 3.8) is 0 Å². The van der Waals surface area contributed by atoms with Crippen LogP contribution in [0.1, 0.15) is 28.8 Å². The van der Waals surface area contributed by atoms with E-state index in [1.165, 1.54) is 24.4 Å². The Morgan fingerprint density at radius 2 is 1.92 bits per heavy atom. The van der Waals surface area contributed by atoms with Crippen molar-refractivity contribution < 1.29 is 19.8 Å². The van der Waals surface area contributed by atoms with Crippen LogP contribution in [0.25, 0.3) is 0 Å². The van der Waals surface area contributed by atoms with Crippen LogP contribution in [0.15, 0.2) is 47.6 Å². The number of hydrogen-bond donors (Lipinski definition) is 4. The predicted octanol–water partition coefficient (Wildman–Crippen LogP) is 2.41. The van der Waals surface area contributed by atoms with E-state index < -0.39 is 0 Å². The summed E-state index contributed by atoms with van der Waals surface area (Å²) >= 11 is 5.94. The maximum atomic E-state index is 11.9. The largest absolute Gasteiger partial charge is 0.508 e. The summed E-state index contributed by atoms with van der Waals surface area (Å²) in [5.41, 5.74) is 3.07. The molecule has 2 aromatic rings. The van der Waals surface area contributed by atoms with E-state index in [1.54, 1.807) is 24.3 Å². The molecule has 0 spiro atoms. The van der Waals surface area contributed by atoms with Gasteiger partial charge in [0.25, 0.3) is 5.91 Å². The highest BCUT2D eigenvalue weighted by Gasteiger charge is 2.09. The summed E-state index contributed by atoms with van der Waals surface area (Å²) in [7, 11) is 0. The Kier molecular flexibility index (Phi) is 6.99. The molecule has 0 saturated heterocycles. The van der Waals surface area contributed by atoms with Gasteiger partial charge in [0.2, 0.25) is 5.91 Å². The van der Waals surface area contributed by atoms with E-state index in [-0.39, 0.29) is 29.7 Å². The predicted molar refractivity (Wildman–Crippen MR) is 98.5 cm³/mol. The van der Waals surface area contributed by atoms with Crippen LogP contribution in [0.4, 0.5) is 0 Å². The van der Waals surface area contributed by atoms with E-state index in [0.717, 1.165) is 0 Å². The van der Waals surface area contributed by atoms with Crippen LogP contribution in [-0.4, -0.2) is 34.8 Å². The second kappa shape index (κ2) is 9.43. The number of aromatic hydroxyl groups is 2. The third-order valence-corrected chi connectivity index (χ3v) is 3.72. The SMILES string of the molecule is O=C(CCCNC(=O)c1ccccc1Cl)N/N=C/c1ccc(O)cc1O. The van der Waals surface area contributed by atoms with Crippen LogP contribution in [0.2, 0.25) is 5.02 Å². The normalized spacial score (nSPS) is 10.7. The number of benzene rings is 2. The molecule has 0 aliphatic rings. The first-order chi connectivity index (χ1) is 12.5. The molecule has 0 atom stereocenters. The highest BCUT2D eigenvalue weighted by atomic mass is 35.5. The summed E-state index contributed by atoms with van der Waals surface area (Å²) in [5, 5.41) is 25.6. The number of nitrogens with zero attached hydrogens (tertiary/aromatic N) is 1. The van der Waals surface area contributed by atoms with E-state index >= 15 is 0 Å². The lowest BCUT2D eigenvalue weighted by atomic mass is 10.2. The molecule has 8 heteroatoms. The van der Waals surface area contributed by atoms with Gasteiger partial charge in [-0.15, -0.1) is 0 Å². The summed E-state index contributed by atoms with van der Waals surface area (Å²) in [6, 6.07) is 10.7. The van der Waals surface area contributed by atoms with Gasteiger partial charge in [-0.25, -0.2) is 5.43 Å². The number of hydrogen-bond acceptors (Lipinski definition) is 5. The van der Waals surface area contributed by atoms with Gasteiger partial charge in [0.15, 0.2) is 0 Å². The number of phenolic OH excluding ortho intramolecular Hbond substituents is 2. The van der Waals surface area contributed by atoms with Gasteiger partial charge in [0, 0.05) is 24.6 Å². The molecule has 0 heterocycles. The minimum absolute atomic E-state index is 0.0671. The van der Waals surface area contributed by atoms with E-state index in [4.69, 9.17) is 11.6 Å². The molecule has 26 heavy (non-hydrogen) atoms. The molecule has 4 N–H and O–H groups in total. The molecule has 0 aliphatic heterocycles. The van der Waals surface area contributed by atoms with Crippen molar-refractivity contribution in [3.05, 3.63) is 58.6 Å². The van der Waals surface area contributed by atoms with Crippen LogP contribution >= 0.6 is 11.6 Å². The average molecular weight is 376 g/mol. The van der Waals surface area contributed by atoms with Gasteiger partial charge in [-0.3, -0.25) is 9.59 Å². The van der Waals surface area contributed by atoms with E-state index in [2.05, 4.69) is 15.8 Å². The fraction of sp³-hybridized carbons (Fsp3) is 0.167. The molecule has 2 aromatic carbocycles.